The number of carbonyl (C=O) groups is 1. The zero-order valence-corrected chi connectivity index (χ0v) is 18.5. The van der Waals surface area contributed by atoms with E-state index < -0.39 is 5.97 Å². The first-order chi connectivity index (χ1) is 14.0. The van der Waals surface area contributed by atoms with Crippen molar-refractivity contribution in [1.82, 2.24) is 14.8 Å². The van der Waals surface area contributed by atoms with E-state index in [0.29, 0.717) is 11.6 Å². The number of benzene rings is 1. The maximum absolute atomic E-state index is 11.8. The van der Waals surface area contributed by atoms with Crippen LogP contribution in [0.2, 0.25) is 0 Å². The molecule has 0 bridgehead atoms. The Morgan fingerprint density at radius 3 is 2.43 bits per heavy atom. The molecule has 7 heteroatoms. The molecule has 3 rings (SSSR count). The van der Waals surface area contributed by atoms with Gasteiger partial charge in [-0.25, -0.2) is 14.5 Å². The van der Waals surface area contributed by atoms with Crippen LogP contribution in [0.25, 0.3) is 5.69 Å². The highest BCUT2D eigenvalue weighted by molar-refractivity contribution is 5.94. The Hall–Kier alpha value is -3.35. The lowest BCUT2D eigenvalue weighted by Gasteiger charge is -2.16. The summed E-state index contributed by atoms with van der Waals surface area (Å²) in [6, 6.07) is 9.04. The molecule has 0 radical (unpaired) electrons. The Morgan fingerprint density at radius 1 is 1.13 bits per heavy atom. The molecule has 2 aromatic heterocycles. The fourth-order valence-corrected chi connectivity index (χ4v) is 3.52. The number of anilines is 2. The van der Waals surface area contributed by atoms with Gasteiger partial charge < -0.3 is 15.2 Å². The van der Waals surface area contributed by atoms with Crippen molar-refractivity contribution < 1.29 is 14.6 Å². The molecule has 0 saturated heterocycles. The van der Waals surface area contributed by atoms with Crippen molar-refractivity contribution in [3.05, 3.63) is 58.4 Å². The second-order valence-corrected chi connectivity index (χ2v) is 8.39. The third-order valence-corrected chi connectivity index (χ3v) is 4.97. The van der Waals surface area contributed by atoms with Crippen LogP contribution in [0.15, 0.2) is 30.3 Å². The highest BCUT2D eigenvalue weighted by atomic mass is 16.5. The summed E-state index contributed by atoms with van der Waals surface area (Å²) in [5.41, 5.74) is 4.21. The van der Waals surface area contributed by atoms with Gasteiger partial charge in [-0.2, -0.15) is 5.10 Å². The number of methoxy groups -OCH3 is 1. The van der Waals surface area contributed by atoms with E-state index in [9.17, 15) is 9.90 Å². The minimum absolute atomic E-state index is 0.0989. The van der Waals surface area contributed by atoms with E-state index >= 15 is 0 Å². The van der Waals surface area contributed by atoms with Gasteiger partial charge >= 0.3 is 5.97 Å². The summed E-state index contributed by atoms with van der Waals surface area (Å²) in [5, 5.41) is 17.8. The molecule has 0 atom stereocenters. The number of nitrogens with one attached hydrogen (secondary N) is 1. The van der Waals surface area contributed by atoms with E-state index in [1.807, 2.05) is 39.0 Å². The Kier molecular flexibility index (Phi) is 5.57. The van der Waals surface area contributed by atoms with E-state index in [4.69, 9.17) is 9.84 Å². The number of carboxylic acid groups (broad SMARTS) is 1. The third kappa shape index (κ3) is 3.87. The molecule has 0 fully saturated rings. The second-order valence-electron chi connectivity index (χ2n) is 8.39. The standard InChI is InChI=1S/C23H28N4O3/c1-13-9-8-10-17(30-7)18(13)27-21(15(3)19(26-27)23(4,5)6)25-20-16(22(28)29)12-11-14(2)24-20/h8-12H,1-7H3,(H,24,25)(H,28,29). The summed E-state index contributed by atoms with van der Waals surface area (Å²) in [6.45, 7) is 12.1. The zero-order chi connectivity index (χ0) is 22.2. The number of ether oxygens (including phenoxy) is 1. The van der Waals surface area contributed by atoms with Crippen LogP contribution in [-0.4, -0.2) is 33.0 Å². The second kappa shape index (κ2) is 7.82. The maximum Gasteiger partial charge on any atom is 0.339 e. The molecule has 0 spiro atoms. The largest absolute Gasteiger partial charge is 0.494 e. The van der Waals surface area contributed by atoms with E-state index in [0.717, 1.165) is 28.2 Å². The lowest BCUT2D eigenvalue weighted by Crippen LogP contribution is -2.14. The smallest absolute Gasteiger partial charge is 0.339 e. The molecule has 0 aliphatic rings. The quantitative estimate of drug-likeness (QED) is 0.621. The minimum atomic E-state index is -1.04. The Bertz CT molecular complexity index is 1110. The first kappa shape index (κ1) is 21.4. The number of aryl methyl sites for hydroxylation is 2. The maximum atomic E-state index is 11.8. The van der Waals surface area contributed by atoms with Crippen LogP contribution in [0.1, 0.15) is 53.6 Å². The molecular weight excluding hydrogens is 380 g/mol. The number of para-hydroxylation sites is 1. The number of aromatic carboxylic acids is 1. The van der Waals surface area contributed by atoms with Crippen LogP contribution in [0.5, 0.6) is 5.75 Å². The molecule has 7 nitrogen and oxygen atoms in total. The molecular formula is C23H28N4O3. The average Bonchev–Trinajstić information content (AvgIpc) is 2.98. The minimum Gasteiger partial charge on any atom is -0.494 e. The van der Waals surface area contributed by atoms with Crippen LogP contribution in [0, 0.1) is 20.8 Å². The molecule has 3 aromatic rings. The number of carboxylic acids is 1. The monoisotopic (exact) mass is 408 g/mol. The predicted octanol–water partition coefficient (Wildman–Crippen LogP) is 4.94. The van der Waals surface area contributed by atoms with Crippen LogP contribution in [0.4, 0.5) is 11.6 Å². The van der Waals surface area contributed by atoms with Crippen molar-refractivity contribution in [3.8, 4) is 11.4 Å². The fraction of sp³-hybridized carbons (Fsp3) is 0.348. The van der Waals surface area contributed by atoms with Gasteiger partial charge in [-0.05, 0) is 44.5 Å². The number of aromatic nitrogens is 3. The molecule has 0 saturated carbocycles. The fourth-order valence-electron chi connectivity index (χ4n) is 3.52. The number of pyridine rings is 1. The number of nitrogens with zero attached hydrogens (tertiary/aromatic N) is 3. The van der Waals surface area contributed by atoms with E-state index in [1.54, 1.807) is 23.9 Å². The van der Waals surface area contributed by atoms with Gasteiger partial charge in [-0.3, -0.25) is 0 Å². The normalized spacial score (nSPS) is 11.4. The SMILES string of the molecule is COc1cccc(C)c1-n1nc(C(C)(C)C)c(C)c1Nc1nc(C)ccc1C(=O)O. The summed E-state index contributed by atoms with van der Waals surface area (Å²) in [7, 11) is 1.62. The lowest BCUT2D eigenvalue weighted by atomic mass is 9.90. The molecule has 2 N–H and O–H groups in total. The molecule has 30 heavy (non-hydrogen) atoms. The Balaban J connectivity index is 2.30. The van der Waals surface area contributed by atoms with Gasteiger partial charge in [0.2, 0.25) is 0 Å². The number of hydrogen-bond acceptors (Lipinski definition) is 5. The molecule has 0 unspecified atom stereocenters. The number of hydrogen-bond donors (Lipinski definition) is 2. The molecule has 1 aromatic carbocycles. The van der Waals surface area contributed by atoms with Crippen molar-refractivity contribution >= 4 is 17.6 Å². The molecule has 0 amide bonds. The predicted molar refractivity (Wildman–Crippen MR) is 118 cm³/mol. The molecule has 0 aliphatic heterocycles. The van der Waals surface area contributed by atoms with Gasteiger partial charge in [0.25, 0.3) is 0 Å². The van der Waals surface area contributed by atoms with Crippen molar-refractivity contribution in [2.75, 3.05) is 12.4 Å². The third-order valence-electron chi connectivity index (χ3n) is 4.97. The molecule has 2 heterocycles. The van der Waals surface area contributed by atoms with Gasteiger partial charge in [0.1, 0.15) is 28.6 Å². The van der Waals surface area contributed by atoms with E-state index in [1.165, 1.54) is 0 Å². The van der Waals surface area contributed by atoms with E-state index in [-0.39, 0.29) is 16.8 Å². The topological polar surface area (TPSA) is 89.3 Å². The first-order valence-electron chi connectivity index (χ1n) is 9.76. The highest BCUT2D eigenvalue weighted by Gasteiger charge is 2.27. The highest BCUT2D eigenvalue weighted by Crippen LogP contribution is 2.36. The lowest BCUT2D eigenvalue weighted by molar-refractivity contribution is 0.0697. The molecule has 0 aliphatic carbocycles. The van der Waals surface area contributed by atoms with Gasteiger partial charge in [-0.1, -0.05) is 32.9 Å². The molecule has 158 valence electrons. The van der Waals surface area contributed by atoms with Crippen molar-refractivity contribution in [3.63, 3.8) is 0 Å². The van der Waals surface area contributed by atoms with E-state index in [2.05, 4.69) is 31.1 Å². The van der Waals surface area contributed by atoms with Gasteiger partial charge in [0.05, 0.1) is 12.8 Å². The van der Waals surface area contributed by atoms with Crippen LogP contribution < -0.4 is 10.1 Å². The van der Waals surface area contributed by atoms with Crippen molar-refractivity contribution in [2.24, 2.45) is 0 Å². The van der Waals surface area contributed by atoms with Crippen molar-refractivity contribution in [1.29, 1.82) is 0 Å². The summed E-state index contributed by atoms with van der Waals surface area (Å²) >= 11 is 0. The van der Waals surface area contributed by atoms with Crippen LogP contribution in [0.3, 0.4) is 0 Å². The average molecular weight is 409 g/mol. The van der Waals surface area contributed by atoms with Crippen LogP contribution in [-0.2, 0) is 5.41 Å². The number of rotatable bonds is 5. The zero-order valence-electron chi connectivity index (χ0n) is 18.5. The summed E-state index contributed by atoms with van der Waals surface area (Å²) in [5.74, 6) is 0.572. The Morgan fingerprint density at radius 2 is 1.83 bits per heavy atom. The summed E-state index contributed by atoms with van der Waals surface area (Å²) < 4.78 is 7.39. The van der Waals surface area contributed by atoms with Crippen LogP contribution >= 0.6 is 0 Å². The summed E-state index contributed by atoms with van der Waals surface area (Å²) in [4.78, 5) is 16.2. The van der Waals surface area contributed by atoms with Crippen molar-refractivity contribution in [2.45, 2.75) is 47.0 Å². The first-order valence-corrected chi connectivity index (χ1v) is 9.76. The van der Waals surface area contributed by atoms with Gasteiger partial charge in [0, 0.05) is 16.7 Å². The Labute approximate surface area is 176 Å². The van der Waals surface area contributed by atoms with Gasteiger partial charge in [-0.15, -0.1) is 0 Å². The van der Waals surface area contributed by atoms with Gasteiger partial charge in [0.15, 0.2) is 0 Å². The summed E-state index contributed by atoms with van der Waals surface area (Å²) in [6.07, 6.45) is 0.